The Morgan fingerprint density at radius 2 is 1.79 bits per heavy atom. The van der Waals surface area contributed by atoms with Gasteiger partial charge in [0.05, 0.1) is 6.10 Å². The van der Waals surface area contributed by atoms with Crippen LogP contribution in [-0.4, -0.2) is 11.2 Å². The first kappa shape index (κ1) is 22.6. The second kappa shape index (κ2) is 9.38. The molecular weight excluding hydrogens is 352 g/mol. The minimum atomic E-state index is -0.182. The van der Waals surface area contributed by atoms with E-state index in [1.165, 1.54) is 43.3 Å². The first-order valence-electron chi connectivity index (χ1n) is 12.2. The van der Waals surface area contributed by atoms with Crippen LogP contribution in [-0.2, 0) is 0 Å². The Morgan fingerprint density at radius 1 is 1.03 bits per heavy atom. The average molecular weight is 397 g/mol. The zero-order valence-electron chi connectivity index (χ0n) is 19.6. The number of allylic oxidation sites excluding steroid dienone is 6. The average Bonchev–Trinajstić information content (AvgIpc) is 3.04. The fraction of sp³-hybridized carbons (Fsp3) is 0.714. The SMILES string of the molecule is C=C1CC[C@H](O)C/C1=C/C=C1/CCC[C@@]2(C)[C@@H]1CC[C@@H]2[C@H](C)/C=C/[C@@H](C)C(C)C. The Bertz CT molecular complexity index is 678. The molecule has 0 aromatic carbocycles. The van der Waals surface area contributed by atoms with Crippen molar-refractivity contribution < 1.29 is 5.11 Å². The van der Waals surface area contributed by atoms with Gasteiger partial charge in [-0.25, -0.2) is 0 Å². The molecule has 0 spiro atoms. The van der Waals surface area contributed by atoms with Crippen molar-refractivity contribution in [1.82, 2.24) is 0 Å². The summed E-state index contributed by atoms with van der Waals surface area (Å²) in [7, 11) is 0. The van der Waals surface area contributed by atoms with Gasteiger partial charge in [0.25, 0.3) is 0 Å². The van der Waals surface area contributed by atoms with Gasteiger partial charge in [0.1, 0.15) is 0 Å². The predicted octanol–water partition coefficient (Wildman–Crippen LogP) is 7.64. The molecule has 3 saturated carbocycles. The summed E-state index contributed by atoms with van der Waals surface area (Å²) in [6.45, 7) is 16.3. The van der Waals surface area contributed by atoms with Crippen LogP contribution in [0.2, 0.25) is 0 Å². The maximum absolute atomic E-state index is 10.0. The van der Waals surface area contributed by atoms with Gasteiger partial charge < -0.3 is 5.11 Å². The first-order chi connectivity index (χ1) is 13.7. The van der Waals surface area contributed by atoms with Crippen LogP contribution in [0.15, 0.2) is 47.6 Å². The van der Waals surface area contributed by atoms with Crippen LogP contribution in [0, 0.1) is 35.0 Å². The second-order valence-electron chi connectivity index (χ2n) is 10.9. The molecule has 0 aromatic heterocycles. The number of aliphatic hydroxyl groups excluding tert-OH is 1. The third-order valence-corrected chi connectivity index (χ3v) is 8.63. The van der Waals surface area contributed by atoms with Crippen molar-refractivity contribution in [1.29, 1.82) is 0 Å². The van der Waals surface area contributed by atoms with Crippen molar-refractivity contribution in [3.8, 4) is 0 Å². The molecule has 3 fully saturated rings. The molecule has 3 aliphatic rings. The molecule has 3 rings (SSSR count). The summed E-state index contributed by atoms with van der Waals surface area (Å²) >= 11 is 0. The van der Waals surface area contributed by atoms with Gasteiger partial charge in [0, 0.05) is 0 Å². The number of aliphatic hydroxyl groups is 1. The fourth-order valence-electron chi connectivity index (χ4n) is 6.25. The number of hydrogen-bond acceptors (Lipinski definition) is 1. The van der Waals surface area contributed by atoms with Gasteiger partial charge in [-0.3, -0.25) is 0 Å². The van der Waals surface area contributed by atoms with Crippen LogP contribution in [0.3, 0.4) is 0 Å². The Labute approximate surface area is 180 Å². The zero-order chi connectivity index (χ0) is 21.2. The Hall–Kier alpha value is -1.08. The van der Waals surface area contributed by atoms with Gasteiger partial charge in [0.15, 0.2) is 0 Å². The maximum Gasteiger partial charge on any atom is 0.0583 e. The van der Waals surface area contributed by atoms with Crippen molar-refractivity contribution >= 4 is 0 Å². The fourth-order valence-corrected chi connectivity index (χ4v) is 6.25. The molecular formula is C28H44O. The van der Waals surface area contributed by atoms with E-state index in [2.05, 4.69) is 65.5 Å². The summed E-state index contributed by atoms with van der Waals surface area (Å²) in [5.41, 5.74) is 4.61. The Morgan fingerprint density at radius 3 is 2.52 bits per heavy atom. The van der Waals surface area contributed by atoms with E-state index in [4.69, 9.17) is 0 Å². The molecule has 6 atom stereocenters. The van der Waals surface area contributed by atoms with Gasteiger partial charge >= 0.3 is 0 Å². The molecule has 0 heterocycles. The highest BCUT2D eigenvalue weighted by Gasteiger charge is 2.50. The normalized spacial score (nSPS) is 38.2. The lowest BCUT2D eigenvalue weighted by atomic mass is 9.61. The molecule has 1 heteroatoms. The van der Waals surface area contributed by atoms with Gasteiger partial charge in [-0.05, 0) is 91.9 Å². The molecule has 0 radical (unpaired) electrons. The standard InChI is InChI=1S/C28H44O/c1-19(2)20(3)9-10-22(5)26-15-16-27-23(8-7-17-28(26,27)6)12-13-24-18-25(29)14-11-21(24)4/h9-10,12-13,19-20,22,25-27,29H,4,7-8,11,14-18H2,1-3,5-6H3/b10-9+,23-12-,24-13-/t20-,22-,25+,26-,27-,28-/m1/s1. The van der Waals surface area contributed by atoms with Crippen LogP contribution < -0.4 is 0 Å². The molecule has 0 unspecified atom stereocenters. The van der Waals surface area contributed by atoms with Crippen molar-refractivity contribution in [2.24, 2.45) is 35.0 Å². The molecule has 162 valence electrons. The van der Waals surface area contributed by atoms with E-state index in [0.29, 0.717) is 17.3 Å². The summed E-state index contributed by atoms with van der Waals surface area (Å²) in [6.07, 6.45) is 18.8. The predicted molar refractivity (Wildman–Crippen MR) is 126 cm³/mol. The smallest absolute Gasteiger partial charge is 0.0583 e. The third-order valence-electron chi connectivity index (χ3n) is 8.63. The lowest BCUT2D eigenvalue weighted by molar-refractivity contribution is 0.112. The minimum Gasteiger partial charge on any atom is -0.393 e. The summed E-state index contributed by atoms with van der Waals surface area (Å²) in [5.74, 6) is 3.58. The lowest BCUT2D eigenvalue weighted by Crippen LogP contribution is -2.35. The van der Waals surface area contributed by atoms with E-state index in [1.54, 1.807) is 5.57 Å². The molecule has 1 N–H and O–H groups in total. The third kappa shape index (κ3) is 4.98. The molecule has 0 bridgehead atoms. The van der Waals surface area contributed by atoms with Crippen LogP contribution in [0.4, 0.5) is 0 Å². The maximum atomic E-state index is 10.0. The zero-order valence-corrected chi connectivity index (χ0v) is 19.6. The van der Waals surface area contributed by atoms with E-state index in [1.807, 2.05) is 0 Å². The largest absolute Gasteiger partial charge is 0.393 e. The van der Waals surface area contributed by atoms with Gasteiger partial charge in [-0.2, -0.15) is 0 Å². The van der Waals surface area contributed by atoms with E-state index in [9.17, 15) is 5.11 Å². The summed E-state index contributed by atoms with van der Waals surface area (Å²) < 4.78 is 0. The highest BCUT2D eigenvalue weighted by molar-refractivity contribution is 5.36. The minimum absolute atomic E-state index is 0.182. The summed E-state index contributed by atoms with van der Waals surface area (Å²) in [6, 6.07) is 0. The lowest BCUT2D eigenvalue weighted by Gasteiger charge is -2.44. The molecule has 0 aliphatic heterocycles. The van der Waals surface area contributed by atoms with Crippen molar-refractivity contribution in [2.75, 3.05) is 0 Å². The topological polar surface area (TPSA) is 20.2 Å². The number of rotatable bonds is 5. The molecule has 3 aliphatic carbocycles. The van der Waals surface area contributed by atoms with E-state index in [0.717, 1.165) is 37.0 Å². The van der Waals surface area contributed by atoms with Gasteiger partial charge in [0.2, 0.25) is 0 Å². The summed E-state index contributed by atoms with van der Waals surface area (Å²) in [5, 5.41) is 10.0. The molecule has 0 aromatic rings. The first-order valence-corrected chi connectivity index (χ1v) is 12.2. The molecule has 29 heavy (non-hydrogen) atoms. The van der Waals surface area contributed by atoms with Crippen molar-refractivity contribution in [2.45, 2.75) is 92.1 Å². The summed E-state index contributed by atoms with van der Waals surface area (Å²) in [4.78, 5) is 0. The number of hydrogen-bond donors (Lipinski definition) is 1. The van der Waals surface area contributed by atoms with Crippen LogP contribution >= 0.6 is 0 Å². The van der Waals surface area contributed by atoms with E-state index < -0.39 is 0 Å². The van der Waals surface area contributed by atoms with Crippen LogP contribution in [0.5, 0.6) is 0 Å². The van der Waals surface area contributed by atoms with Crippen LogP contribution in [0.1, 0.15) is 86.0 Å². The number of fused-ring (bicyclic) bond motifs is 1. The van der Waals surface area contributed by atoms with E-state index in [-0.39, 0.29) is 6.10 Å². The quantitative estimate of drug-likeness (QED) is 0.473. The van der Waals surface area contributed by atoms with Crippen molar-refractivity contribution in [3.63, 3.8) is 0 Å². The van der Waals surface area contributed by atoms with E-state index >= 15 is 0 Å². The second-order valence-corrected chi connectivity index (χ2v) is 10.9. The molecule has 0 amide bonds. The van der Waals surface area contributed by atoms with Gasteiger partial charge in [-0.1, -0.05) is 76.6 Å². The van der Waals surface area contributed by atoms with Crippen molar-refractivity contribution in [3.05, 3.63) is 47.6 Å². The molecule has 0 saturated heterocycles. The molecule has 1 nitrogen and oxygen atoms in total. The van der Waals surface area contributed by atoms with Crippen LogP contribution in [0.25, 0.3) is 0 Å². The Kier molecular flexibility index (Phi) is 7.31. The monoisotopic (exact) mass is 396 g/mol. The Balaban J connectivity index is 1.75. The van der Waals surface area contributed by atoms with Gasteiger partial charge in [-0.15, -0.1) is 0 Å². The highest BCUT2D eigenvalue weighted by atomic mass is 16.3. The highest BCUT2D eigenvalue weighted by Crippen LogP contribution is 2.59.